The summed E-state index contributed by atoms with van der Waals surface area (Å²) in [6.07, 6.45) is 5.11. The fourth-order valence-electron chi connectivity index (χ4n) is 9.38. The fourth-order valence-corrected chi connectivity index (χ4v) is 9.38. The first-order valence-corrected chi connectivity index (χ1v) is 23.5. The van der Waals surface area contributed by atoms with Crippen LogP contribution >= 0.6 is 0 Å². The molecule has 6 aromatic rings. The van der Waals surface area contributed by atoms with Gasteiger partial charge in [-0.3, -0.25) is 0 Å². The van der Waals surface area contributed by atoms with E-state index in [1.165, 1.54) is 0 Å². The van der Waals surface area contributed by atoms with E-state index in [0.29, 0.717) is 85.6 Å². The molecule has 3 aliphatic carbocycles. The predicted molar refractivity (Wildman–Crippen MR) is 257 cm³/mol. The van der Waals surface area contributed by atoms with E-state index in [2.05, 4.69) is 0 Å². The van der Waals surface area contributed by atoms with Crippen molar-refractivity contribution < 1.29 is 62.7 Å². The molecular formula is C57H50O13. The Bertz CT molecular complexity index is 3060. The standard InChI is InChI=1S/C57H50O13/c58-22-1-23-66-53(61)41-11-18-48-36(29-41)6-7-37-31-43(13-19-49(37)48)55(63)69-26-3-27-70-57(65)45-15-21-51-39(33-45)9-8-38-32-44(14-20-50(38)51)56(64)68-25-2-24-67-54(62)42-12-17-47-35(30-42)5-4-34-28-40(52(59)60)10-16-46(34)47/h10-21,28-33,58H,1-9,22-27H2,(H,59,60). The first kappa shape index (κ1) is 47.2. The van der Waals surface area contributed by atoms with Gasteiger partial charge in [-0.1, -0.05) is 36.4 Å². The minimum Gasteiger partial charge on any atom is -0.478 e. The van der Waals surface area contributed by atoms with Crippen LogP contribution in [0.4, 0.5) is 0 Å². The van der Waals surface area contributed by atoms with Crippen molar-refractivity contribution in [2.75, 3.05) is 39.6 Å². The van der Waals surface area contributed by atoms with Crippen molar-refractivity contribution >= 4 is 35.8 Å². The third-order valence-corrected chi connectivity index (χ3v) is 13.0. The number of carbonyl (C=O) groups is 6. The van der Waals surface area contributed by atoms with Crippen molar-refractivity contribution in [1.82, 2.24) is 0 Å². The SMILES string of the molecule is O=C(O)c1ccc2c(c1)CCc1cc(C(=O)OCCCOC(=O)c3ccc4c(c3)CCc3cc(C(=O)OCCCOC(=O)c5ccc6c(c5)CCc5cc(C(=O)OCCCO)ccc5-6)ccc3-4)ccc1-2. The third-order valence-electron chi connectivity index (χ3n) is 13.0. The van der Waals surface area contributed by atoms with Crippen LogP contribution in [0.1, 0.15) is 115 Å². The summed E-state index contributed by atoms with van der Waals surface area (Å²) in [6, 6.07) is 32.3. The summed E-state index contributed by atoms with van der Waals surface area (Å²) in [5.74, 6) is -3.26. The number of aromatic carboxylic acids is 1. The quantitative estimate of drug-likeness (QED) is 0.0501. The number of rotatable bonds is 17. The Kier molecular flexibility index (Phi) is 14.3. The van der Waals surface area contributed by atoms with Gasteiger partial charge in [0.25, 0.3) is 0 Å². The highest BCUT2D eigenvalue weighted by Gasteiger charge is 2.24. The lowest BCUT2D eigenvalue weighted by Crippen LogP contribution is -2.14. The number of fused-ring (bicyclic) bond motifs is 9. The molecule has 0 unspecified atom stereocenters. The Morgan fingerprint density at radius 3 is 0.771 bits per heavy atom. The average Bonchev–Trinajstić information content (AvgIpc) is 3.39. The molecule has 0 heterocycles. The van der Waals surface area contributed by atoms with E-state index in [4.69, 9.17) is 28.8 Å². The van der Waals surface area contributed by atoms with Gasteiger partial charge < -0.3 is 33.9 Å². The second-order valence-electron chi connectivity index (χ2n) is 17.5. The van der Waals surface area contributed by atoms with Crippen molar-refractivity contribution in [2.45, 2.75) is 57.8 Å². The second-order valence-corrected chi connectivity index (χ2v) is 17.5. The zero-order chi connectivity index (χ0) is 48.7. The molecule has 356 valence electrons. The van der Waals surface area contributed by atoms with Crippen LogP contribution in [-0.4, -0.2) is 85.7 Å². The summed E-state index contributed by atoms with van der Waals surface area (Å²) in [6.45, 7) is 0.405. The fraction of sp³-hybridized carbons (Fsp3) is 0.263. The molecule has 0 bridgehead atoms. The first-order valence-electron chi connectivity index (χ1n) is 23.5. The maximum atomic E-state index is 13.0. The van der Waals surface area contributed by atoms with Crippen LogP contribution in [0, 0.1) is 0 Å². The van der Waals surface area contributed by atoms with Crippen LogP contribution in [0.3, 0.4) is 0 Å². The summed E-state index contributed by atoms with van der Waals surface area (Å²) in [4.78, 5) is 75.6. The van der Waals surface area contributed by atoms with Gasteiger partial charge in [-0.2, -0.15) is 0 Å². The van der Waals surface area contributed by atoms with Crippen LogP contribution in [0.5, 0.6) is 0 Å². The molecular weight excluding hydrogens is 893 g/mol. The number of hydrogen-bond donors (Lipinski definition) is 2. The Hall–Kier alpha value is -7.90. The zero-order valence-corrected chi connectivity index (χ0v) is 38.4. The highest BCUT2D eigenvalue weighted by Crippen LogP contribution is 2.38. The number of benzene rings is 6. The minimum absolute atomic E-state index is 0.0438. The molecule has 0 fully saturated rings. The van der Waals surface area contributed by atoms with Gasteiger partial charge in [0.1, 0.15) is 0 Å². The molecule has 13 nitrogen and oxygen atoms in total. The molecule has 70 heavy (non-hydrogen) atoms. The number of carbonyl (C=O) groups excluding carboxylic acids is 5. The van der Waals surface area contributed by atoms with Gasteiger partial charge >= 0.3 is 35.8 Å². The topological polar surface area (TPSA) is 189 Å². The van der Waals surface area contributed by atoms with Crippen molar-refractivity contribution in [1.29, 1.82) is 0 Å². The molecule has 0 aromatic heterocycles. The number of carboxylic acid groups (broad SMARTS) is 1. The third kappa shape index (κ3) is 10.4. The maximum Gasteiger partial charge on any atom is 0.338 e. The number of ether oxygens (including phenoxy) is 5. The monoisotopic (exact) mass is 942 g/mol. The number of aryl methyl sites for hydroxylation is 6. The summed E-state index contributed by atoms with van der Waals surface area (Å²) in [7, 11) is 0. The first-order chi connectivity index (χ1) is 34.0. The van der Waals surface area contributed by atoms with Crippen molar-refractivity contribution in [3.63, 3.8) is 0 Å². The largest absolute Gasteiger partial charge is 0.478 e. The van der Waals surface area contributed by atoms with Gasteiger partial charge in [-0.15, -0.1) is 0 Å². The molecule has 2 N–H and O–H groups in total. The summed E-state index contributed by atoms with van der Waals surface area (Å²) in [5, 5.41) is 18.3. The van der Waals surface area contributed by atoms with Gasteiger partial charge in [0.05, 0.1) is 66.4 Å². The van der Waals surface area contributed by atoms with Gasteiger partial charge in [0.2, 0.25) is 0 Å². The molecule has 9 rings (SSSR count). The number of aliphatic hydroxyl groups excluding tert-OH is 1. The van der Waals surface area contributed by atoms with Crippen molar-refractivity contribution in [3.8, 4) is 33.4 Å². The molecule has 0 atom stereocenters. The molecule has 6 aromatic carbocycles. The highest BCUT2D eigenvalue weighted by molar-refractivity contribution is 5.95. The van der Waals surface area contributed by atoms with Gasteiger partial charge in [-0.05, 0) is 178 Å². The van der Waals surface area contributed by atoms with E-state index in [-0.39, 0.29) is 45.2 Å². The molecule has 0 saturated heterocycles. The lowest BCUT2D eigenvalue weighted by Gasteiger charge is -2.21. The van der Waals surface area contributed by atoms with Gasteiger partial charge in [0, 0.05) is 25.9 Å². The van der Waals surface area contributed by atoms with E-state index < -0.39 is 35.8 Å². The van der Waals surface area contributed by atoms with E-state index in [9.17, 15) is 33.9 Å². The summed E-state index contributed by atoms with van der Waals surface area (Å²) in [5.41, 5.74) is 14.3. The number of aliphatic hydroxyl groups is 1. The Labute approximate surface area is 403 Å². The molecule has 0 saturated carbocycles. The highest BCUT2D eigenvalue weighted by atomic mass is 16.6. The van der Waals surface area contributed by atoms with Crippen molar-refractivity contribution in [2.24, 2.45) is 0 Å². The molecule has 0 amide bonds. The molecule has 13 heteroatoms. The van der Waals surface area contributed by atoms with Gasteiger partial charge in [-0.25, -0.2) is 28.8 Å². The zero-order valence-electron chi connectivity index (χ0n) is 38.4. The normalized spacial score (nSPS) is 12.6. The summed E-state index contributed by atoms with van der Waals surface area (Å²) >= 11 is 0. The number of carboxylic acids is 1. The van der Waals surface area contributed by atoms with E-state index in [0.717, 1.165) is 66.8 Å². The second kappa shape index (κ2) is 21.2. The predicted octanol–water partition coefficient (Wildman–Crippen LogP) is 9.03. The Balaban J connectivity index is 0.695. The smallest absolute Gasteiger partial charge is 0.338 e. The molecule has 0 spiro atoms. The van der Waals surface area contributed by atoms with Crippen LogP contribution in [0.15, 0.2) is 109 Å². The van der Waals surface area contributed by atoms with E-state index in [1.54, 1.807) is 42.5 Å². The Morgan fingerprint density at radius 1 is 0.329 bits per heavy atom. The molecule has 0 aliphatic heterocycles. The van der Waals surface area contributed by atoms with Crippen LogP contribution in [0.2, 0.25) is 0 Å². The summed E-state index contributed by atoms with van der Waals surface area (Å²) < 4.78 is 27.3. The van der Waals surface area contributed by atoms with E-state index >= 15 is 0 Å². The van der Waals surface area contributed by atoms with Crippen molar-refractivity contribution in [3.05, 3.63) is 176 Å². The number of esters is 5. The average molecular weight is 943 g/mol. The van der Waals surface area contributed by atoms with Crippen LogP contribution in [0.25, 0.3) is 33.4 Å². The maximum absolute atomic E-state index is 13.0. The lowest BCUT2D eigenvalue weighted by atomic mass is 9.84. The number of hydrogen-bond acceptors (Lipinski definition) is 12. The van der Waals surface area contributed by atoms with Crippen LogP contribution < -0.4 is 0 Å². The van der Waals surface area contributed by atoms with Crippen LogP contribution in [-0.2, 0) is 62.2 Å². The lowest BCUT2D eigenvalue weighted by molar-refractivity contribution is 0.0377. The molecule has 0 radical (unpaired) electrons. The minimum atomic E-state index is -0.962. The molecule has 3 aliphatic rings. The van der Waals surface area contributed by atoms with E-state index in [1.807, 2.05) is 66.7 Å². The van der Waals surface area contributed by atoms with Gasteiger partial charge in [0.15, 0.2) is 0 Å². The Morgan fingerprint density at radius 2 is 0.543 bits per heavy atom.